The SMILES string of the molecule is CCC(NCCN1CCCCCC1)c1ccc(Cl)c(Cl)c1. The van der Waals surface area contributed by atoms with E-state index in [1.54, 1.807) is 0 Å². The number of rotatable bonds is 6. The van der Waals surface area contributed by atoms with Crippen molar-refractivity contribution in [2.24, 2.45) is 0 Å². The van der Waals surface area contributed by atoms with Crippen molar-refractivity contribution >= 4 is 23.2 Å². The summed E-state index contributed by atoms with van der Waals surface area (Å²) in [5, 5.41) is 4.92. The van der Waals surface area contributed by atoms with E-state index in [0.717, 1.165) is 19.5 Å². The van der Waals surface area contributed by atoms with Crippen LogP contribution in [0.2, 0.25) is 10.0 Å². The Morgan fingerprint density at radius 3 is 2.43 bits per heavy atom. The first-order chi connectivity index (χ1) is 10.2. The minimum Gasteiger partial charge on any atom is -0.309 e. The third kappa shape index (κ3) is 5.45. The summed E-state index contributed by atoms with van der Waals surface area (Å²) < 4.78 is 0. The number of hydrogen-bond donors (Lipinski definition) is 1. The molecule has 0 spiro atoms. The molecule has 21 heavy (non-hydrogen) atoms. The molecule has 1 atom stereocenters. The molecule has 1 aliphatic rings. The molecule has 0 bridgehead atoms. The van der Waals surface area contributed by atoms with Gasteiger partial charge in [-0.1, -0.05) is 49.0 Å². The molecule has 0 aromatic heterocycles. The topological polar surface area (TPSA) is 15.3 Å². The zero-order valence-corrected chi connectivity index (χ0v) is 14.4. The molecule has 2 nitrogen and oxygen atoms in total. The molecule has 1 unspecified atom stereocenters. The molecule has 2 rings (SSSR count). The number of halogens is 2. The maximum absolute atomic E-state index is 6.12. The summed E-state index contributed by atoms with van der Waals surface area (Å²) in [6.45, 7) is 6.87. The highest BCUT2D eigenvalue weighted by molar-refractivity contribution is 6.42. The standard InChI is InChI=1S/C17H26Cl2N2/c1-2-17(14-7-8-15(18)16(19)13-14)20-9-12-21-10-5-3-4-6-11-21/h7-8,13,17,20H,2-6,9-12H2,1H3. The first-order valence-corrected chi connectivity index (χ1v) is 8.87. The van der Waals surface area contributed by atoms with Crippen molar-refractivity contribution in [1.29, 1.82) is 0 Å². The van der Waals surface area contributed by atoms with Gasteiger partial charge >= 0.3 is 0 Å². The lowest BCUT2D eigenvalue weighted by molar-refractivity contribution is 0.278. The fraction of sp³-hybridized carbons (Fsp3) is 0.647. The fourth-order valence-electron chi connectivity index (χ4n) is 2.98. The molecular weight excluding hydrogens is 303 g/mol. The summed E-state index contributed by atoms with van der Waals surface area (Å²) in [5.41, 5.74) is 1.22. The van der Waals surface area contributed by atoms with Crippen molar-refractivity contribution in [3.8, 4) is 0 Å². The Hall–Kier alpha value is -0.280. The predicted molar refractivity (Wildman–Crippen MR) is 92.4 cm³/mol. The highest BCUT2D eigenvalue weighted by atomic mass is 35.5. The summed E-state index contributed by atoms with van der Waals surface area (Å²) in [6, 6.07) is 6.29. The number of benzene rings is 1. The van der Waals surface area contributed by atoms with Crippen LogP contribution in [0.4, 0.5) is 0 Å². The van der Waals surface area contributed by atoms with Crippen molar-refractivity contribution in [3.05, 3.63) is 33.8 Å². The van der Waals surface area contributed by atoms with Gasteiger partial charge < -0.3 is 10.2 Å². The maximum atomic E-state index is 6.12. The van der Waals surface area contributed by atoms with Crippen LogP contribution in [-0.2, 0) is 0 Å². The Morgan fingerprint density at radius 1 is 1.10 bits per heavy atom. The number of nitrogens with zero attached hydrogens (tertiary/aromatic N) is 1. The lowest BCUT2D eigenvalue weighted by atomic mass is 10.0. The number of hydrogen-bond acceptors (Lipinski definition) is 2. The van der Waals surface area contributed by atoms with Gasteiger partial charge in [-0.15, -0.1) is 0 Å². The van der Waals surface area contributed by atoms with E-state index in [2.05, 4.69) is 23.2 Å². The molecule has 0 aliphatic carbocycles. The minimum atomic E-state index is 0.353. The summed E-state index contributed by atoms with van der Waals surface area (Å²) in [5.74, 6) is 0. The van der Waals surface area contributed by atoms with Crippen LogP contribution in [0, 0.1) is 0 Å². The Kier molecular flexibility index (Phi) is 7.31. The second-order valence-corrected chi connectivity index (χ2v) is 6.66. The first kappa shape index (κ1) is 17.1. The molecule has 1 aliphatic heterocycles. The van der Waals surface area contributed by atoms with Gasteiger partial charge in [0.05, 0.1) is 10.0 Å². The number of nitrogens with one attached hydrogen (secondary N) is 1. The Balaban J connectivity index is 1.82. The average molecular weight is 329 g/mol. The molecular formula is C17H26Cl2N2. The summed E-state index contributed by atoms with van der Waals surface area (Å²) in [7, 11) is 0. The second-order valence-electron chi connectivity index (χ2n) is 5.84. The molecule has 1 aromatic carbocycles. The molecule has 1 saturated heterocycles. The zero-order valence-electron chi connectivity index (χ0n) is 12.9. The first-order valence-electron chi connectivity index (χ1n) is 8.11. The van der Waals surface area contributed by atoms with Gasteiger partial charge in [0, 0.05) is 19.1 Å². The van der Waals surface area contributed by atoms with Crippen LogP contribution in [0.5, 0.6) is 0 Å². The quantitative estimate of drug-likeness (QED) is 0.798. The van der Waals surface area contributed by atoms with Crippen LogP contribution in [0.25, 0.3) is 0 Å². The van der Waals surface area contributed by atoms with Gasteiger partial charge in [-0.25, -0.2) is 0 Å². The van der Waals surface area contributed by atoms with Crippen molar-refractivity contribution in [1.82, 2.24) is 10.2 Å². The molecule has 118 valence electrons. The minimum absolute atomic E-state index is 0.353. The van der Waals surface area contributed by atoms with Crippen LogP contribution < -0.4 is 5.32 Å². The number of likely N-dealkylation sites (tertiary alicyclic amines) is 1. The Labute approximate surface area is 138 Å². The highest BCUT2D eigenvalue weighted by Gasteiger charge is 2.12. The van der Waals surface area contributed by atoms with E-state index in [1.807, 2.05) is 12.1 Å². The lowest BCUT2D eigenvalue weighted by Crippen LogP contribution is -2.34. The molecule has 4 heteroatoms. The predicted octanol–water partition coefficient (Wildman–Crippen LogP) is 4.91. The monoisotopic (exact) mass is 328 g/mol. The van der Waals surface area contributed by atoms with Crippen molar-refractivity contribution < 1.29 is 0 Å². The smallest absolute Gasteiger partial charge is 0.0595 e. The summed E-state index contributed by atoms with van der Waals surface area (Å²) >= 11 is 12.1. The third-order valence-electron chi connectivity index (χ3n) is 4.27. The summed E-state index contributed by atoms with van der Waals surface area (Å²) in [6.07, 6.45) is 6.54. The van der Waals surface area contributed by atoms with Crippen LogP contribution in [0.3, 0.4) is 0 Å². The van der Waals surface area contributed by atoms with Gasteiger partial charge in [0.15, 0.2) is 0 Å². The van der Waals surface area contributed by atoms with Crippen LogP contribution >= 0.6 is 23.2 Å². The van der Waals surface area contributed by atoms with E-state index in [4.69, 9.17) is 23.2 Å². The summed E-state index contributed by atoms with van der Waals surface area (Å²) in [4.78, 5) is 2.58. The van der Waals surface area contributed by atoms with Gasteiger partial charge in [-0.2, -0.15) is 0 Å². The highest BCUT2D eigenvalue weighted by Crippen LogP contribution is 2.26. The van der Waals surface area contributed by atoms with E-state index in [9.17, 15) is 0 Å². The largest absolute Gasteiger partial charge is 0.309 e. The molecule has 0 radical (unpaired) electrons. The average Bonchev–Trinajstić information content (AvgIpc) is 2.75. The van der Waals surface area contributed by atoms with E-state index in [0.29, 0.717) is 16.1 Å². The third-order valence-corrected chi connectivity index (χ3v) is 5.01. The fourth-order valence-corrected chi connectivity index (χ4v) is 3.29. The van der Waals surface area contributed by atoms with Gasteiger partial charge in [0.1, 0.15) is 0 Å². The Bertz CT molecular complexity index is 429. The van der Waals surface area contributed by atoms with E-state index in [1.165, 1.54) is 44.3 Å². The van der Waals surface area contributed by atoms with Gasteiger partial charge in [-0.05, 0) is 50.0 Å². The van der Waals surface area contributed by atoms with Gasteiger partial charge in [0.25, 0.3) is 0 Å². The van der Waals surface area contributed by atoms with E-state index < -0.39 is 0 Å². The van der Waals surface area contributed by atoms with Crippen LogP contribution in [-0.4, -0.2) is 31.1 Å². The maximum Gasteiger partial charge on any atom is 0.0595 e. The molecule has 1 fully saturated rings. The van der Waals surface area contributed by atoms with Gasteiger partial charge in [0.2, 0.25) is 0 Å². The second kappa shape index (κ2) is 8.99. The molecule has 1 heterocycles. The zero-order chi connectivity index (χ0) is 15.1. The van der Waals surface area contributed by atoms with Crippen molar-refractivity contribution in [2.45, 2.75) is 45.1 Å². The van der Waals surface area contributed by atoms with Gasteiger partial charge in [-0.3, -0.25) is 0 Å². The van der Waals surface area contributed by atoms with Crippen molar-refractivity contribution in [3.63, 3.8) is 0 Å². The normalized spacial score (nSPS) is 18.4. The molecule has 0 saturated carbocycles. The van der Waals surface area contributed by atoms with Crippen molar-refractivity contribution in [2.75, 3.05) is 26.2 Å². The Morgan fingerprint density at radius 2 is 1.81 bits per heavy atom. The van der Waals surface area contributed by atoms with E-state index >= 15 is 0 Å². The molecule has 1 aromatic rings. The van der Waals surface area contributed by atoms with Crippen LogP contribution in [0.15, 0.2) is 18.2 Å². The lowest BCUT2D eigenvalue weighted by Gasteiger charge is -2.23. The molecule has 1 N–H and O–H groups in total. The van der Waals surface area contributed by atoms with E-state index in [-0.39, 0.29) is 0 Å². The van der Waals surface area contributed by atoms with Crippen LogP contribution in [0.1, 0.15) is 50.6 Å². The molecule has 0 amide bonds.